The number of hydrogen-bond acceptors (Lipinski definition) is 8. The highest BCUT2D eigenvalue weighted by molar-refractivity contribution is 6.40. The molecule has 0 amide bonds. The fourth-order valence-electron chi connectivity index (χ4n) is 1.92. The molecule has 23 heavy (non-hydrogen) atoms. The van der Waals surface area contributed by atoms with Crippen molar-refractivity contribution in [2.45, 2.75) is 36.9 Å². The average Bonchev–Trinajstić information content (AvgIpc) is 2.58. The van der Waals surface area contributed by atoms with Crippen LogP contribution in [0.15, 0.2) is 30.3 Å². The third-order valence-corrected chi connectivity index (χ3v) is 3.34. The van der Waals surface area contributed by atoms with Crippen molar-refractivity contribution in [3.63, 3.8) is 0 Å². The Morgan fingerprint density at radius 2 is 1.43 bits per heavy atom. The quantitative estimate of drug-likeness (QED) is 0.265. The minimum atomic E-state index is -2.33. The third kappa shape index (κ3) is 5.17. The molecule has 0 saturated heterocycles. The van der Waals surface area contributed by atoms with Crippen LogP contribution in [0.1, 0.15) is 5.56 Å². The number of aliphatic hydroxyl groups excluding tert-OH is 6. The summed E-state index contributed by atoms with van der Waals surface area (Å²) in [7, 11) is 0. The summed E-state index contributed by atoms with van der Waals surface area (Å²) in [4.78, 5) is 23.5. The van der Waals surface area contributed by atoms with E-state index in [1.165, 1.54) is 0 Å². The van der Waals surface area contributed by atoms with E-state index < -0.39 is 48.7 Å². The summed E-state index contributed by atoms with van der Waals surface area (Å²) in [5.41, 5.74) is 0.590. The Balaban J connectivity index is 2.69. The first-order valence-electron chi connectivity index (χ1n) is 6.92. The average molecular weight is 328 g/mol. The van der Waals surface area contributed by atoms with Gasteiger partial charge in [0.05, 0.1) is 6.61 Å². The first-order valence-corrected chi connectivity index (χ1v) is 6.92. The molecule has 0 aliphatic carbocycles. The van der Waals surface area contributed by atoms with Gasteiger partial charge in [-0.15, -0.1) is 0 Å². The van der Waals surface area contributed by atoms with E-state index in [1.807, 2.05) is 0 Å². The van der Waals surface area contributed by atoms with Gasteiger partial charge in [0, 0.05) is 6.42 Å². The molecule has 0 aliphatic rings. The normalized spacial score (nSPS) is 17.8. The molecule has 128 valence electrons. The summed E-state index contributed by atoms with van der Waals surface area (Å²) >= 11 is 0. The molecule has 1 rings (SSSR count). The van der Waals surface area contributed by atoms with Gasteiger partial charge in [0.15, 0.2) is 0 Å². The van der Waals surface area contributed by atoms with Crippen LogP contribution in [-0.4, -0.2) is 79.3 Å². The van der Waals surface area contributed by atoms with E-state index >= 15 is 0 Å². The SMILES string of the molecule is O=C(C(=O)C(O)C(O)C(O)C(O)CO)C(O)Cc1ccccc1. The van der Waals surface area contributed by atoms with E-state index in [9.17, 15) is 30.0 Å². The maximum atomic E-state index is 11.8. The molecule has 5 unspecified atom stereocenters. The molecule has 0 aromatic heterocycles. The Hall–Kier alpha value is -1.68. The second-order valence-corrected chi connectivity index (χ2v) is 5.11. The van der Waals surface area contributed by atoms with Gasteiger partial charge < -0.3 is 30.6 Å². The van der Waals surface area contributed by atoms with Crippen LogP contribution in [0.4, 0.5) is 0 Å². The zero-order valence-corrected chi connectivity index (χ0v) is 12.2. The zero-order valence-electron chi connectivity index (χ0n) is 12.2. The highest BCUT2D eigenvalue weighted by atomic mass is 16.4. The van der Waals surface area contributed by atoms with E-state index in [-0.39, 0.29) is 6.42 Å². The van der Waals surface area contributed by atoms with Crippen molar-refractivity contribution >= 4 is 11.6 Å². The molecule has 0 aliphatic heterocycles. The molecule has 8 nitrogen and oxygen atoms in total. The lowest BCUT2D eigenvalue weighted by molar-refractivity contribution is -0.157. The van der Waals surface area contributed by atoms with Gasteiger partial charge in [-0.05, 0) is 5.56 Å². The molecule has 0 radical (unpaired) electrons. The summed E-state index contributed by atoms with van der Waals surface area (Å²) in [6.07, 6.45) is -10.2. The Labute approximate surface area is 132 Å². The second kappa shape index (κ2) is 8.82. The van der Waals surface area contributed by atoms with Gasteiger partial charge in [0.2, 0.25) is 11.6 Å². The molecule has 0 saturated carbocycles. The maximum Gasteiger partial charge on any atom is 0.232 e. The predicted octanol–water partition coefficient (Wildman–Crippen LogP) is -2.84. The summed E-state index contributed by atoms with van der Waals surface area (Å²) in [5.74, 6) is -2.82. The first-order chi connectivity index (χ1) is 10.8. The van der Waals surface area contributed by atoms with E-state index in [4.69, 9.17) is 10.2 Å². The van der Waals surface area contributed by atoms with Crippen LogP contribution in [0, 0.1) is 0 Å². The molecule has 1 aromatic carbocycles. The van der Waals surface area contributed by atoms with Gasteiger partial charge in [-0.1, -0.05) is 30.3 Å². The van der Waals surface area contributed by atoms with Crippen molar-refractivity contribution in [3.05, 3.63) is 35.9 Å². The molecule has 6 N–H and O–H groups in total. The second-order valence-electron chi connectivity index (χ2n) is 5.11. The summed E-state index contributed by atoms with van der Waals surface area (Å²) in [5, 5.41) is 56.1. The fraction of sp³-hybridized carbons (Fsp3) is 0.467. The minimum absolute atomic E-state index is 0.157. The Morgan fingerprint density at radius 1 is 0.870 bits per heavy atom. The fourth-order valence-corrected chi connectivity index (χ4v) is 1.92. The van der Waals surface area contributed by atoms with E-state index in [0.29, 0.717) is 5.56 Å². The smallest absolute Gasteiger partial charge is 0.232 e. The number of benzene rings is 1. The maximum absolute atomic E-state index is 11.8. The molecule has 8 heteroatoms. The van der Waals surface area contributed by atoms with Crippen LogP contribution in [-0.2, 0) is 16.0 Å². The zero-order chi connectivity index (χ0) is 17.6. The van der Waals surface area contributed by atoms with Crippen LogP contribution >= 0.6 is 0 Å². The lowest BCUT2D eigenvalue weighted by Crippen LogP contribution is -2.51. The number of rotatable bonds is 9. The molecule has 0 spiro atoms. The van der Waals surface area contributed by atoms with E-state index in [2.05, 4.69) is 0 Å². The van der Waals surface area contributed by atoms with Crippen LogP contribution in [0.25, 0.3) is 0 Å². The lowest BCUT2D eigenvalue weighted by Gasteiger charge is -2.24. The van der Waals surface area contributed by atoms with Gasteiger partial charge in [-0.3, -0.25) is 9.59 Å². The third-order valence-electron chi connectivity index (χ3n) is 3.34. The minimum Gasteiger partial charge on any atom is -0.394 e. The van der Waals surface area contributed by atoms with Gasteiger partial charge in [-0.25, -0.2) is 0 Å². The van der Waals surface area contributed by atoms with E-state index in [0.717, 1.165) is 0 Å². The van der Waals surface area contributed by atoms with Gasteiger partial charge in [-0.2, -0.15) is 0 Å². The van der Waals surface area contributed by atoms with Crippen molar-refractivity contribution < 1.29 is 40.2 Å². The number of carbonyl (C=O) groups excluding carboxylic acids is 2. The largest absolute Gasteiger partial charge is 0.394 e. The van der Waals surface area contributed by atoms with Crippen molar-refractivity contribution in [3.8, 4) is 0 Å². The monoisotopic (exact) mass is 328 g/mol. The molecule has 0 bridgehead atoms. The number of carbonyl (C=O) groups is 2. The molecule has 1 aromatic rings. The Morgan fingerprint density at radius 3 is 1.96 bits per heavy atom. The topological polar surface area (TPSA) is 156 Å². The van der Waals surface area contributed by atoms with Gasteiger partial charge in [0.25, 0.3) is 0 Å². The van der Waals surface area contributed by atoms with Gasteiger partial charge in [0.1, 0.15) is 30.5 Å². The summed E-state index contributed by atoms with van der Waals surface area (Å²) < 4.78 is 0. The molecular weight excluding hydrogens is 308 g/mol. The highest BCUT2D eigenvalue weighted by Crippen LogP contribution is 2.09. The number of ketones is 2. The van der Waals surface area contributed by atoms with Crippen LogP contribution in [0.3, 0.4) is 0 Å². The molecule has 5 atom stereocenters. The van der Waals surface area contributed by atoms with E-state index in [1.54, 1.807) is 30.3 Å². The lowest BCUT2D eigenvalue weighted by atomic mass is 9.95. The van der Waals surface area contributed by atoms with Crippen molar-refractivity contribution in [2.75, 3.05) is 6.61 Å². The Kier molecular flexibility index (Phi) is 7.43. The number of Topliss-reactive ketones (excluding diaryl/α,β-unsaturated/α-hetero) is 2. The van der Waals surface area contributed by atoms with Crippen molar-refractivity contribution in [1.29, 1.82) is 0 Å². The molecular formula is C15H20O8. The summed E-state index contributed by atoms with van der Waals surface area (Å²) in [6.45, 7) is -0.913. The standard InChI is InChI=1S/C15H20O8/c16-7-10(18)12(20)14(22)15(23)13(21)11(19)9(17)6-8-4-2-1-3-5-8/h1-5,9-10,12,14-18,20,22-23H,6-7H2. The van der Waals surface area contributed by atoms with Crippen LogP contribution < -0.4 is 0 Å². The predicted molar refractivity (Wildman–Crippen MR) is 77.3 cm³/mol. The summed E-state index contributed by atoms with van der Waals surface area (Å²) in [6, 6.07) is 8.36. The van der Waals surface area contributed by atoms with Crippen molar-refractivity contribution in [2.24, 2.45) is 0 Å². The first kappa shape index (κ1) is 19.4. The van der Waals surface area contributed by atoms with Gasteiger partial charge >= 0.3 is 0 Å². The molecule has 0 fully saturated rings. The highest BCUT2D eigenvalue weighted by Gasteiger charge is 2.38. The number of hydrogen-bond donors (Lipinski definition) is 6. The van der Waals surface area contributed by atoms with Crippen LogP contribution in [0.2, 0.25) is 0 Å². The molecule has 0 heterocycles. The van der Waals surface area contributed by atoms with Crippen LogP contribution in [0.5, 0.6) is 0 Å². The van der Waals surface area contributed by atoms with Crippen molar-refractivity contribution in [1.82, 2.24) is 0 Å². The Bertz CT molecular complexity index is 517. The number of aliphatic hydroxyl groups is 6.